The lowest BCUT2D eigenvalue weighted by atomic mass is 9.96. The summed E-state index contributed by atoms with van der Waals surface area (Å²) < 4.78 is 0. The summed E-state index contributed by atoms with van der Waals surface area (Å²) in [5.74, 6) is 0.535. The molecular formula is C11H17N3. The van der Waals surface area contributed by atoms with Gasteiger partial charge in [-0.25, -0.2) is 0 Å². The minimum atomic E-state index is 0.350. The standard InChI is InChI=1S/C11H17N3/c12-9-5-1-3-7(9)11-8-4-2-6-10(8)13-14-11/h7,9H,1-6,12H2,(H,13,14). The number of aromatic amines is 1. The van der Waals surface area contributed by atoms with Gasteiger partial charge in [-0.2, -0.15) is 5.10 Å². The zero-order chi connectivity index (χ0) is 9.54. The van der Waals surface area contributed by atoms with Crippen LogP contribution in [0.15, 0.2) is 0 Å². The highest BCUT2D eigenvalue weighted by Gasteiger charge is 2.31. The Morgan fingerprint density at radius 3 is 2.93 bits per heavy atom. The molecule has 2 aliphatic rings. The van der Waals surface area contributed by atoms with Gasteiger partial charge in [0.1, 0.15) is 0 Å². The molecule has 0 aromatic carbocycles. The average Bonchev–Trinajstić information content (AvgIpc) is 2.78. The molecule has 1 heterocycles. The van der Waals surface area contributed by atoms with Crippen LogP contribution < -0.4 is 5.73 Å². The summed E-state index contributed by atoms with van der Waals surface area (Å²) in [5, 5.41) is 7.64. The number of aryl methyl sites for hydroxylation is 1. The maximum atomic E-state index is 6.11. The van der Waals surface area contributed by atoms with E-state index in [1.165, 1.54) is 55.5 Å². The monoisotopic (exact) mass is 191 g/mol. The Kier molecular flexibility index (Phi) is 1.87. The Morgan fingerprint density at radius 1 is 1.21 bits per heavy atom. The van der Waals surface area contributed by atoms with E-state index in [0.29, 0.717) is 12.0 Å². The van der Waals surface area contributed by atoms with Crippen molar-refractivity contribution in [2.45, 2.75) is 50.5 Å². The van der Waals surface area contributed by atoms with Gasteiger partial charge in [-0.3, -0.25) is 5.10 Å². The lowest BCUT2D eigenvalue weighted by Gasteiger charge is -2.13. The van der Waals surface area contributed by atoms with E-state index in [0.717, 1.165) is 0 Å². The Balaban J connectivity index is 1.96. The van der Waals surface area contributed by atoms with Gasteiger partial charge in [-0.15, -0.1) is 0 Å². The molecule has 0 radical (unpaired) electrons. The molecule has 3 nitrogen and oxygen atoms in total. The molecular weight excluding hydrogens is 174 g/mol. The number of nitrogens with zero attached hydrogens (tertiary/aromatic N) is 1. The van der Waals surface area contributed by atoms with E-state index in [4.69, 9.17) is 5.73 Å². The number of hydrogen-bond acceptors (Lipinski definition) is 2. The van der Waals surface area contributed by atoms with Gasteiger partial charge in [-0.05, 0) is 37.7 Å². The summed E-state index contributed by atoms with van der Waals surface area (Å²) in [6.07, 6.45) is 7.37. The predicted molar refractivity (Wildman–Crippen MR) is 55.2 cm³/mol. The highest BCUT2D eigenvalue weighted by atomic mass is 15.1. The van der Waals surface area contributed by atoms with Crippen molar-refractivity contribution in [2.24, 2.45) is 5.73 Å². The number of aromatic nitrogens is 2. The molecule has 0 aliphatic heterocycles. The third kappa shape index (κ3) is 1.12. The third-order valence-electron chi connectivity index (χ3n) is 3.76. The number of hydrogen-bond donors (Lipinski definition) is 2. The normalized spacial score (nSPS) is 30.9. The van der Waals surface area contributed by atoms with Crippen LogP contribution in [0, 0.1) is 0 Å². The molecule has 0 amide bonds. The molecule has 3 rings (SSSR count). The predicted octanol–water partition coefficient (Wildman–Crippen LogP) is 1.49. The van der Waals surface area contributed by atoms with Crippen LogP contribution in [0.4, 0.5) is 0 Å². The quantitative estimate of drug-likeness (QED) is 0.706. The highest BCUT2D eigenvalue weighted by molar-refractivity contribution is 5.33. The van der Waals surface area contributed by atoms with Crippen LogP contribution in [0.1, 0.15) is 48.6 Å². The van der Waals surface area contributed by atoms with Crippen LogP contribution in [-0.2, 0) is 12.8 Å². The van der Waals surface area contributed by atoms with Crippen LogP contribution in [0.25, 0.3) is 0 Å². The largest absolute Gasteiger partial charge is 0.327 e. The fourth-order valence-corrected chi connectivity index (χ4v) is 2.98. The zero-order valence-corrected chi connectivity index (χ0v) is 8.42. The Hall–Kier alpha value is -0.830. The molecule has 2 atom stereocenters. The molecule has 14 heavy (non-hydrogen) atoms. The number of rotatable bonds is 1. The van der Waals surface area contributed by atoms with E-state index in [1.54, 1.807) is 0 Å². The first-order valence-electron chi connectivity index (χ1n) is 5.68. The Morgan fingerprint density at radius 2 is 2.14 bits per heavy atom. The van der Waals surface area contributed by atoms with Crippen molar-refractivity contribution in [2.75, 3.05) is 0 Å². The maximum absolute atomic E-state index is 6.11. The van der Waals surface area contributed by atoms with Crippen molar-refractivity contribution in [3.63, 3.8) is 0 Å². The topological polar surface area (TPSA) is 54.7 Å². The second kappa shape index (κ2) is 3.09. The molecule has 0 spiro atoms. The molecule has 2 aliphatic carbocycles. The SMILES string of the molecule is NC1CCCC1c1n[nH]c2c1CCC2. The van der Waals surface area contributed by atoms with Crippen LogP contribution in [0.3, 0.4) is 0 Å². The van der Waals surface area contributed by atoms with E-state index in [2.05, 4.69) is 10.2 Å². The molecule has 0 bridgehead atoms. The van der Waals surface area contributed by atoms with Crippen molar-refractivity contribution in [3.05, 3.63) is 17.0 Å². The van der Waals surface area contributed by atoms with E-state index in [1.807, 2.05) is 0 Å². The van der Waals surface area contributed by atoms with Crippen molar-refractivity contribution in [1.29, 1.82) is 0 Å². The van der Waals surface area contributed by atoms with Crippen molar-refractivity contribution >= 4 is 0 Å². The number of nitrogens with two attached hydrogens (primary N) is 1. The molecule has 1 fully saturated rings. The molecule has 1 aromatic heterocycles. The molecule has 2 unspecified atom stereocenters. The van der Waals surface area contributed by atoms with Gasteiger partial charge >= 0.3 is 0 Å². The number of fused-ring (bicyclic) bond motifs is 1. The van der Waals surface area contributed by atoms with Gasteiger partial charge in [0.15, 0.2) is 0 Å². The lowest BCUT2D eigenvalue weighted by Crippen LogP contribution is -2.23. The van der Waals surface area contributed by atoms with Crippen LogP contribution in [0.2, 0.25) is 0 Å². The summed E-state index contributed by atoms with van der Waals surface area (Å²) in [6.45, 7) is 0. The lowest BCUT2D eigenvalue weighted by molar-refractivity contribution is 0.590. The van der Waals surface area contributed by atoms with E-state index in [-0.39, 0.29) is 0 Å². The van der Waals surface area contributed by atoms with Gasteiger partial charge in [0.25, 0.3) is 0 Å². The minimum Gasteiger partial charge on any atom is -0.327 e. The molecule has 3 heteroatoms. The smallest absolute Gasteiger partial charge is 0.0703 e. The second-order valence-corrected chi connectivity index (χ2v) is 4.62. The first-order valence-corrected chi connectivity index (χ1v) is 5.68. The van der Waals surface area contributed by atoms with E-state index < -0.39 is 0 Å². The molecule has 3 N–H and O–H groups in total. The maximum Gasteiger partial charge on any atom is 0.0703 e. The van der Waals surface area contributed by atoms with Gasteiger partial charge in [0.05, 0.1) is 5.69 Å². The molecule has 76 valence electrons. The highest BCUT2D eigenvalue weighted by Crippen LogP contribution is 2.36. The van der Waals surface area contributed by atoms with Crippen LogP contribution in [0.5, 0.6) is 0 Å². The van der Waals surface area contributed by atoms with Gasteiger partial charge < -0.3 is 5.73 Å². The van der Waals surface area contributed by atoms with E-state index in [9.17, 15) is 0 Å². The summed E-state index contributed by atoms with van der Waals surface area (Å²) in [5.41, 5.74) is 10.3. The zero-order valence-electron chi connectivity index (χ0n) is 8.42. The van der Waals surface area contributed by atoms with Gasteiger partial charge in [0, 0.05) is 17.7 Å². The summed E-state index contributed by atoms with van der Waals surface area (Å²) in [6, 6.07) is 0.350. The number of H-pyrrole nitrogens is 1. The average molecular weight is 191 g/mol. The fourth-order valence-electron chi connectivity index (χ4n) is 2.98. The fraction of sp³-hybridized carbons (Fsp3) is 0.727. The summed E-state index contributed by atoms with van der Waals surface area (Å²) in [4.78, 5) is 0. The minimum absolute atomic E-state index is 0.350. The Labute approximate surface area is 84.1 Å². The molecule has 1 aromatic rings. The first kappa shape index (κ1) is 8.48. The van der Waals surface area contributed by atoms with Crippen molar-refractivity contribution in [1.82, 2.24) is 10.2 Å². The van der Waals surface area contributed by atoms with E-state index >= 15 is 0 Å². The Bertz CT molecular complexity index is 342. The van der Waals surface area contributed by atoms with Crippen molar-refractivity contribution in [3.8, 4) is 0 Å². The van der Waals surface area contributed by atoms with Gasteiger partial charge in [-0.1, -0.05) is 6.42 Å². The third-order valence-corrected chi connectivity index (χ3v) is 3.76. The van der Waals surface area contributed by atoms with Crippen molar-refractivity contribution < 1.29 is 0 Å². The molecule has 1 saturated carbocycles. The summed E-state index contributed by atoms with van der Waals surface area (Å²) >= 11 is 0. The van der Waals surface area contributed by atoms with Gasteiger partial charge in [0.2, 0.25) is 0 Å². The number of nitrogens with one attached hydrogen (secondary N) is 1. The first-order chi connectivity index (χ1) is 6.86. The van der Waals surface area contributed by atoms with Crippen LogP contribution in [-0.4, -0.2) is 16.2 Å². The molecule has 0 saturated heterocycles. The summed E-state index contributed by atoms with van der Waals surface area (Å²) in [7, 11) is 0. The second-order valence-electron chi connectivity index (χ2n) is 4.62. The van der Waals surface area contributed by atoms with Crippen LogP contribution >= 0.6 is 0 Å².